The lowest BCUT2D eigenvalue weighted by Gasteiger charge is -2.14. The van der Waals surface area contributed by atoms with E-state index in [2.05, 4.69) is 79.3 Å². The molecule has 1 heterocycles. The minimum Gasteiger partial charge on any atom is -0.304 e. The number of nitrogens with one attached hydrogen (secondary N) is 1. The van der Waals surface area contributed by atoms with Gasteiger partial charge in [-0.25, -0.2) is 0 Å². The third-order valence-corrected chi connectivity index (χ3v) is 4.18. The first-order valence-corrected chi connectivity index (χ1v) is 8.00. The van der Waals surface area contributed by atoms with Crippen LogP contribution in [0.5, 0.6) is 0 Å². The topological polar surface area (TPSA) is 29.9 Å². The predicted molar refractivity (Wildman–Crippen MR) is 88.3 cm³/mol. The number of nitrogens with zero attached hydrogens (tertiary/aromatic N) is 2. The molecule has 0 aliphatic carbocycles. The standard InChI is InChI=1S/C18H27N3/c1-5-14(3)21-12-11-18(20-21)13-19-15(4)17-9-7-16(6-2)8-10-17/h7-12,14-15,19H,5-6,13H2,1-4H3. The maximum Gasteiger partial charge on any atom is 0.0762 e. The summed E-state index contributed by atoms with van der Waals surface area (Å²) in [7, 11) is 0. The Morgan fingerprint density at radius 1 is 1.10 bits per heavy atom. The molecule has 0 amide bonds. The smallest absolute Gasteiger partial charge is 0.0762 e. The zero-order chi connectivity index (χ0) is 15.2. The molecule has 3 nitrogen and oxygen atoms in total. The molecule has 2 atom stereocenters. The third kappa shape index (κ3) is 4.18. The van der Waals surface area contributed by atoms with Crippen molar-refractivity contribution in [2.75, 3.05) is 0 Å². The van der Waals surface area contributed by atoms with Crippen LogP contribution in [0.25, 0.3) is 0 Å². The highest BCUT2D eigenvalue weighted by Gasteiger charge is 2.08. The summed E-state index contributed by atoms with van der Waals surface area (Å²) in [6.45, 7) is 9.57. The summed E-state index contributed by atoms with van der Waals surface area (Å²) in [6, 6.07) is 11.8. The van der Waals surface area contributed by atoms with E-state index < -0.39 is 0 Å². The van der Waals surface area contributed by atoms with Crippen molar-refractivity contribution in [3.8, 4) is 0 Å². The molecule has 1 aromatic carbocycles. The Bertz CT molecular complexity index is 542. The van der Waals surface area contributed by atoms with Gasteiger partial charge in [0.1, 0.15) is 0 Å². The van der Waals surface area contributed by atoms with Gasteiger partial charge in [0.25, 0.3) is 0 Å². The Labute approximate surface area is 128 Å². The molecular formula is C18H27N3. The first-order valence-electron chi connectivity index (χ1n) is 8.00. The highest BCUT2D eigenvalue weighted by Crippen LogP contribution is 2.15. The molecule has 3 heteroatoms. The molecule has 114 valence electrons. The monoisotopic (exact) mass is 285 g/mol. The molecule has 0 aliphatic heterocycles. The molecule has 0 radical (unpaired) electrons. The van der Waals surface area contributed by atoms with Gasteiger partial charge in [-0.05, 0) is 43.9 Å². The molecule has 0 fully saturated rings. The summed E-state index contributed by atoms with van der Waals surface area (Å²) in [6.07, 6.45) is 4.27. The Kier molecular flexibility index (Phi) is 5.57. The molecule has 1 aromatic heterocycles. The van der Waals surface area contributed by atoms with E-state index in [4.69, 9.17) is 0 Å². The number of aromatic nitrogens is 2. The predicted octanol–water partition coefficient (Wildman–Crippen LogP) is 4.27. The fourth-order valence-electron chi connectivity index (χ4n) is 2.32. The zero-order valence-corrected chi connectivity index (χ0v) is 13.6. The lowest BCUT2D eigenvalue weighted by Crippen LogP contribution is -2.18. The number of hydrogen-bond donors (Lipinski definition) is 1. The van der Waals surface area contributed by atoms with Gasteiger partial charge < -0.3 is 5.32 Å². The number of benzene rings is 1. The van der Waals surface area contributed by atoms with E-state index in [9.17, 15) is 0 Å². The van der Waals surface area contributed by atoms with Gasteiger partial charge in [0, 0.05) is 24.8 Å². The molecular weight excluding hydrogens is 258 g/mol. The molecule has 21 heavy (non-hydrogen) atoms. The molecule has 0 bridgehead atoms. The Morgan fingerprint density at radius 3 is 2.43 bits per heavy atom. The summed E-state index contributed by atoms with van der Waals surface area (Å²) in [5, 5.41) is 8.18. The fraction of sp³-hybridized carbons (Fsp3) is 0.500. The number of hydrogen-bond acceptors (Lipinski definition) is 2. The van der Waals surface area contributed by atoms with Crippen molar-refractivity contribution in [3.05, 3.63) is 53.3 Å². The second kappa shape index (κ2) is 7.41. The number of rotatable bonds is 7. The SMILES string of the molecule is CCc1ccc(C(C)NCc2ccn(C(C)CC)n2)cc1. The molecule has 1 N–H and O–H groups in total. The first kappa shape index (κ1) is 15.8. The van der Waals surface area contributed by atoms with Gasteiger partial charge >= 0.3 is 0 Å². The van der Waals surface area contributed by atoms with Crippen LogP contribution in [-0.4, -0.2) is 9.78 Å². The van der Waals surface area contributed by atoms with Crippen LogP contribution in [-0.2, 0) is 13.0 Å². The number of aryl methyl sites for hydroxylation is 1. The highest BCUT2D eigenvalue weighted by molar-refractivity contribution is 5.24. The van der Waals surface area contributed by atoms with Gasteiger partial charge in [0.05, 0.1) is 5.69 Å². The minimum absolute atomic E-state index is 0.338. The van der Waals surface area contributed by atoms with Crippen LogP contribution < -0.4 is 5.32 Å². The molecule has 0 saturated carbocycles. The molecule has 2 unspecified atom stereocenters. The normalized spacial score (nSPS) is 14.1. The van der Waals surface area contributed by atoms with Crippen LogP contribution in [0.2, 0.25) is 0 Å². The van der Waals surface area contributed by atoms with E-state index in [1.165, 1.54) is 11.1 Å². The summed E-state index contributed by atoms with van der Waals surface area (Å²) in [5.41, 5.74) is 3.82. The van der Waals surface area contributed by atoms with Crippen molar-refractivity contribution in [2.45, 2.75) is 59.2 Å². The van der Waals surface area contributed by atoms with Gasteiger partial charge in [-0.15, -0.1) is 0 Å². The fourth-order valence-corrected chi connectivity index (χ4v) is 2.32. The minimum atomic E-state index is 0.338. The maximum absolute atomic E-state index is 4.63. The van der Waals surface area contributed by atoms with Gasteiger partial charge in [-0.3, -0.25) is 4.68 Å². The van der Waals surface area contributed by atoms with Crippen molar-refractivity contribution in [3.63, 3.8) is 0 Å². The summed E-state index contributed by atoms with van der Waals surface area (Å²) >= 11 is 0. The Morgan fingerprint density at radius 2 is 1.81 bits per heavy atom. The zero-order valence-electron chi connectivity index (χ0n) is 13.6. The van der Waals surface area contributed by atoms with Crippen molar-refractivity contribution >= 4 is 0 Å². The Balaban J connectivity index is 1.90. The lowest BCUT2D eigenvalue weighted by atomic mass is 10.1. The molecule has 0 aliphatic rings. The largest absolute Gasteiger partial charge is 0.304 e. The summed E-state index contributed by atoms with van der Waals surface area (Å²) in [4.78, 5) is 0. The second-order valence-electron chi connectivity index (χ2n) is 5.74. The summed E-state index contributed by atoms with van der Waals surface area (Å²) < 4.78 is 2.05. The van der Waals surface area contributed by atoms with E-state index in [1.54, 1.807) is 0 Å². The molecule has 0 saturated heterocycles. The quantitative estimate of drug-likeness (QED) is 0.823. The van der Waals surface area contributed by atoms with Crippen LogP contribution in [0.15, 0.2) is 36.5 Å². The van der Waals surface area contributed by atoms with E-state index in [0.29, 0.717) is 12.1 Å². The average molecular weight is 285 g/mol. The second-order valence-corrected chi connectivity index (χ2v) is 5.74. The van der Waals surface area contributed by atoms with E-state index >= 15 is 0 Å². The van der Waals surface area contributed by atoms with Crippen LogP contribution in [0.1, 0.15) is 63.0 Å². The van der Waals surface area contributed by atoms with Crippen molar-refractivity contribution in [1.82, 2.24) is 15.1 Å². The average Bonchev–Trinajstić information content (AvgIpc) is 3.01. The van der Waals surface area contributed by atoms with Crippen LogP contribution in [0.3, 0.4) is 0 Å². The van der Waals surface area contributed by atoms with Crippen molar-refractivity contribution < 1.29 is 0 Å². The van der Waals surface area contributed by atoms with Gasteiger partial charge in [0.2, 0.25) is 0 Å². The maximum atomic E-state index is 4.63. The molecule has 2 aromatic rings. The lowest BCUT2D eigenvalue weighted by molar-refractivity contribution is 0.468. The van der Waals surface area contributed by atoms with Crippen LogP contribution >= 0.6 is 0 Å². The van der Waals surface area contributed by atoms with E-state index in [0.717, 1.165) is 25.1 Å². The Hall–Kier alpha value is -1.61. The molecule has 0 spiro atoms. The first-order chi connectivity index (χ1) is 10.1. The molecule has 2 rings (SSSR count). The van der Waals surface area contributed by atoms with Crippen molar-refractivity contribution in [2.24, 2.45) is 0 Å². The van der Waals surface area contributed by atoms with Crippen LogP contribution in [0.4, 0.5) is 0 Å². The third-order valence-electron chi connectivity index (χ3n) is 4.18. The van der Waals surface area contributed by atoms with Crippen molar-refractivity contribution in [1.29, 1.82) is 0 Å². The van der Waals surface area contributed by atoms with Gasteiger partial charge in [0.15, 0.2) is 0 Å². The van der Waals surface area contributed by atoms with E-state index in [-0.39, 0.29) is 0 Å². The highest BCUT2D eigenvalue weighted by atomic mass is 15.3. The summed E-state index contributed by atoms with van der Waals surface area (Å²) in [5.74, 6) is 0. The van der Waals surface area contributed by atoms with E-state index in [1.807, 2.05) is 0 Å². The van der Waals surface area contributed by atoms with Gasteiger partial charge in [-0.2, -0.15) is 5.10 Å². The van der Waals surface area contributed by atoms with Gasteiger partial charge in [-0.1, -0.05) is 38.1 Å². The van der Waals surface area contributed by atoms with Crippen LogP contribution in [0, 0.1) is 0 Å².